The maximum absolute atomic E-state index is 12.1. The van der Waals surface area contributed by atoms with Crippen LogP contribution in [0, 0.1) is 25.2 Å². The van der Waals surface area contributed by atoms with Crippen LogP contribution in [0.25, 0.3) is 5.69 Å². The lowest BCUT2D eigenvalue weighted by Crippen LogP contribution is -2.19. The maximum Gasteiger partial charge on any atom is 0.357 e. The minimum atomic E-state index is -4.08. The summed E-state index contributed by atoms with van der Waals surface area (Å²) >= 11 is 0. The van der Waals surface area contributed by atoms with Gasteiger partial charge in [0, 0.05) is 6.20 Å². The van der Waals surface area contributed by atoms with Crippen LogP contribution in [-0.4, -0.2) is 26.1 Å². The summed E-state index contributed by atoms with van der Waals surface area (Å²) in [6.45, 7) is 3.39. The molecule has 1 aromatic carbocycles. The molecule has 24 heavy (non-hydrogen) atoms. The van der Waals surface area contributed by atoms with E-state index in [4.69, 9.17) is 20.9 Å². The first-order valence-corrected chi connectivity index (χ1v) is 8.30. The fourth-order valence-electron chi connectivity index (χ4n) is 2.54. The van der Waals surface area contributed by atoms with E-state index in [0.717, 1.165) is 7.11 Å². The maximum atomic E-state index is 12.1. The zero-order valence-electron chi connectivity index (χ0n) is 13.3. The number of hydrogen-bond donors (Lipinski definition) is 2. The number of rotatable bonds is 3. The Morgan fingerprint density at radius 3 is 2.46 bits per heavy atom. The third-order valence-corrected chi connectivity index (χ3v) is 4.43. The van der Waals surface area contributed by atoms with Crippen LogP contribution in [0.1, 0.15) is 27.2 Å². The molecule has 0 unspecified atom stereocenters. The number of hydrogen-bond acceptors (Lipinski definition) is 6. The van der Waals surface area contributed by atoms with Crippen molar-refractivity contribution in [3.05, 3.63) is 40.7 Å². The van der Waals surface area contributed by atoms with Gasteiger partial charge in [0.05, 0.1) is 24.0 Å². The van der Waals surface area contributed by atoms with Crippen molar-refractivity contribution in [2.75, 3.05) is 12.8 Å². The van der Waals surface area contributed by atoms with E-state index in [2.05, 4.69) is 0 Å². The number of anilines is 1. The lowest BCUT2D eigenvalue weighted by Gasteiger charge is -2.16. The number of sulfonamides is 1. The quantitative estimate of drug-likeness (QED) is 0.792. The molecule has 0 spiro atoms. The first kappa shape index (κ1) is 17.5. The third-order valence-electron chi connectivity index (χ3n) is 3.50. The Balaban J connectivity index is 2.98. The Hall–Kier alpha value is -2.83. The van der Waals surface area contributed by atoms with Crippen LogP contribution < -0.4 is 10.9 Å². The number of carbonyl (C=O) groups excluding carboxylic acids is 1. The summed E-state index contributed by atoms with van der Waals surface area (Å²) in [4.78, 5) is 11.9. The van der Waals surface area contributed by atoms with E-state index in [1.54, 1.807) is 19.9 Å². The number of primary sulfonamides is 1. The predicted octanol–water partition coefficient (Wildman–Crippen LogP) is 0.982. The van der Waals surface area contributed by atoms with Crippen molar-refractivity contribution < 1.29 is 17.9 Å². The number of methoxy groups -OCH3 is 1. The van der Waals surface area contributed by atoms with Crippen molar-refractivity contribution in [3.8, 4) is 11.8 Å². The molecule has 0 aliphatic heterocycles. The molecule has 0 aliphatic carbocycles. The first-order valence-electron chi connectivity index (χ1n) is 6.75. The van der Waals surface area contributed by atoms with Gasteiger partial charge in [-0.2, -0.15) is 5.26 Å². The van der Waals surface area contributed by atoms with E-state index in [0.29, 0.717) is 11.1 Å². The van der Waals surface area contributed by atoms with Crippen LogP contribution in [0.2, 0.25) is 0 Å². The summed E-state index contributed by atoms with van der Waals surface area (Å²) in [5, 5.41) is 14.5. The summed E-state index contributed by atoms with van der Waals surface area (Å²) in [6, 6.07) is 4.98. The van der Waals surface area contributed by atoms with Gasteiger partial charge in [-0.15, -0.1) is 0 Å². The zero-order chi connectivity index (χ0) is 18.2. The second-order valence-corrected chi connectivity index (χ2v) is 6.78. The molecule has 0 radical (unpaired) electrons. The predicted molar refractivity (Wildman–Crippen MR) is 87.1 cm³/mol. The average Bonchev–Trinajstić information content (AvgIpc) is 2.81. The van der Waals surface area contributed by atoms with E-state index in [9.17, 15) is 13.2 Å². The Labute approximate surface area is 139 Å². The minimum Gasteiger partial charge on any atom is -0.464 e. The van der Waals surface area contributed by atoms with Gasteiger partial charge in [0.15, 0.2) is 5.69 Å². The van der Waals surface area contributed by atoms with Gasteiger partial charge in [-0.05, 0) is 31.0 Å². The normalized spacial score (nSPS) is 11.1. The molecule has 0 atom stereocenters. The lowest BCUT2D eigenvalue weighted by atomic mass is 10.1. The van der Waals surface area contributed by atoms with Crippen molar-refractivity contribution >= 4 is 21.7 Å². The van der Waals surface area contributed by atoms with Crippen molar-refractivity contribution in [1.29, 1.82) is 5.26 Å². The molecule has 126 valence electrons. The molecule has 0 fully saturated rings. The molecular weight excluding hydrogens is 332 g/mol. The zero-order valence-corrected chi connectivity index (χ0v) is 14.1. The molecule has 2 aromatic rings. The van der Waals surface area contributed by atoms with Gasteiger partial charge in [-0.3, -0.25) is 0 Å². The third kappa shape index (κ3) is 2.84. The van der Waals surface area contributed by atoms with Gasteiger partial charge >= 0.3 is 5.97 Å². The van der Waals surface area contributed by atoms with Gasteiger partial charge in [0.2, 0.25) is 10.0 Å². The monoisotopic (exact) mass is 348 g/mol. The largest absolute Gasteiger partial charge is 0.464 e. The molecule has 0 bridgehead atoms. The number of nitrogens with zero attached hydrogens (tertiary/aromatic N) is 2. The topological polar surface area (TPSA) is 141 Å². The summed E-state index contributed by atoms with van der Waals surface area (Å²) in [5.41, 5.74) is 7.02. The molecular formula is C15H16N4O4S. The van der Waals surface area contributed by atoms with Crippen LogP contribution in [0.3, 0.4) is 0 Å². The smallest absolute Gasteiger partial charge is 0.357 e. The van der Waals surface area contributed by atoms with E-state index >= 15 is 0 Å². The SMILES string of the molecule is COC(=O)c1c(N)c(C#N)cn1-c1c(C)cc(C)cc1S(N)(=O)=O. The van der Waals surface area contributed by atoms with Gasteiger partial charge in [-0.1, -0.05) is 6.07 Å². The Kier molecular flexibility index (Phi) is 4.38. The number of esters is 1. The number of aromatic nitrogens is 1. The van der Waals surface area contributed by atoms with Crippen molar-refractivity contribution in [1.82, 2.24) is 4.57 Å². The summed E-state index contributed by atoms with van der Waals surface area (Å²) in [6.07, 6.45) is 1.29. The first-order chi connectivity index (χ1) is 11.1. The van der Waals surface area contributed by atoms with E-state index < -0.39 is 16.0 Å². The minimum absolute atomic E-state index is 0.0238. The number of ether oxygens (including phenoxy) is 1. The molecule has 4 N–H and O–H groups in total. The fourth-order valence-corrected chi connectivity index (χ4v) is 3.42. The second-order valence-electron chi connectivity index (χ2n) is 5.25. The van der Waals surface area contributed by atoms with Crippen molar-refractivity contribution in [3.63, 3.8) is 0 Å². The lowest BCUT2D eigenvalue weighted by molar-refractivity contribution is 0.0593. The van der Waals surface area contributed by atoms with Crippen molar-refractivity contribution in [2.45, 2.75) is 18.7 Å². The second kappa shape index (κ2) is 5.99. The molecule has 0 saturated carbocycles. The highest BCUT2D eigenvalue weighted by molar-refractivity contribution is 7.89. The average molecular weight is 348 g/mol. The molecule has 1 heterocycles. The van der Waals surface area contributed by atoms with Gasteiger partial charge in [0.25, 0.3) is 0 Å². The standard InChI is InChI=1S/C15H16N4O4S/c1-8-4-9(2)13(11(5-8)24(18,21)22)19-7-10(6-16)12(17)14(19)15(20)23-3/h4-5,7H,17H2,1-3H3,(H2,18,21,22). The Morgan fingerprint density at radius 1 is 1.33 bits per heavy atom. The molecule has 8 nitrogen and oxygen atoms in total. The molecule has 1 aromatic heterocycles. The number of benzene rings is 1. The fraction of sp³-hybridized carbons (Fsp3) is 0.200. The van der Waals surface area contributed by atoms with Gasteiger partial charge < -0.3 is 15.0 Å². The van der Waals surface area contributed by atoms with Gasteiger partial charge in [-0.25, -0.2) is 18.4 Å². The number of carbonyl (C=O) groups is 1. The summed E-state index contributed by atoms with van der Waals surface area (Å²) in [5.74, 6) is -0.797. The number of nitrogens with two attached hydrogens (primary N) is 2. The van der Waals surface area contributed by atoms with E-state index in [1.165, 1.54) is 16.8 Å². The van der Waals surface area contributed by atoms with E-state index in [-0.39, 0.29) is 27.5 Å². The number of nitrogen functional groups attached to an aromatic ring is 1. The van der Waals surface area contributed by atoms with Crippen molar-refractivity contribution in [2.24, 2.45) is 5.14 Å². The highest BCUT2D eigenvalue weighted by Gasteiger charge is 2.26. The number of nitriles is 1. The molecule has 9 heteroatoms. The highest BCUT2D eigenvalue weighted by atomic mass is 32.2. The Morgan fingerprint density at radius 2 is 1.96 bits per heavy atom. The van der Waals surface area contributed by atoms with Crippen LogP contribution in [0.4, 0.5) is 5.69 Å². The van der Waals surface area contributed by atoms with Crippen LogP contribution in [0.5, 0.6) is 0 Å². The molecule has 0 aliphatic rings. The summed E-state index contributed by atoms with van der Waals surface area (Å²) < 4.78 is 29.9. The van der Waals surface area contributed by atoms with E-state index in [1.807, 2.05) is 6.07 Å². The Bertz CT molecular complexity index is 984. The molecule has 0 amide bonds. The van der Waals surface area contributed by atoms with Crippen LogP contribution in [-0.2, 0) is 14.8 Å². The van der Waals surface area contributed by atoms with Gasteiger partial charge in [0.1, 0.15) is 11.0 Å². The summed E-state index contributed by atoms with van der Waals surface area (Å²) in [7, 11) is -2.92. The molecule has 0 saturated heterocycles. The highest BCUT2D eigenvalue weighted by Crippen LogP contribution is 2.31. The number of aryl methyl sites for hydroxylation is 2. The van der Waals surface area contributed by atoms with Crippen LogP contribution >= 0.6 is 0 Å². The van der Waals surface area contributed by atoms with Crippen LogP contribution in [0.15, 0.2) is 23.2 Å². The molecule has 2 rings (SSSR count).